The largest absolute Gasteiger partial charge is 0.508 e. The van der Waals surface area contributed by atoms with E-state index in [1.165, 1.54) is 0 Å². The van der Waals surface area contributed by atoms with Gasteiger partial charge in [-0.15, -0.1) is 0 Å². The van der Waals surface area contributed by atoms with E-state index in [1.54, 1.807) is 24.3 Å². The van der Waals surface area contributed by atoms with Crippen LogP contribution in [-0.4, -0.2) is 29.5 Å². The van der Waals surface area contributed by atoms with Crippen molar-refractivity contribution in [3.63, 3.8) is 0 Å². The second-order valence-corrected chi connectivity index (χ2v) is 6.35. The van der Waals surface area contributed by atoms with Crippen molar-refractivity contribution in [3.05, 3.63) is 89.5 Å². The van der Waals surface area contributed by atoms with Gasteiger partial charge in [0.2, 0.25) is 0 Å². The van der Waals surface area contributed by atoms with Gasteiger partial charge in [0.25, 0.3) is 0 Å². The molecule has 0 aliphatic carbocycles. The molecule has 0 radical (unpaired) electrons. The van der Waals surface area contributed by atoms with Crippen molar-refractivity contribution < 1.29 is 19.7 Å². The standard InChI is InChI=1S/C22H20O4/c23-19-10-4-1-7-16(19)22(17-8-2-5-11-20(17)24)18-9-3-6-12-21(18)26-14-15-13-25-15/h1-12,15,22-24H,13-14H2. The smallest absolute Gasteiger partial charge is 0.123 e. The Hall–Kier alpha value is -2.98. The van der Waals surface area contributed by atoms with Crippen molar-refractivity contribution in [1.82, 2.24) is 0 Å². The summed E-state index contributed by atoms with van der Waals surface area (Å²) in [6, 6.07) is 22.1. The summed E-state index contributed by atoms with van der Waals surface area (Å²) in [5, 5.41) is 20.9. The zero-order chi connectivity index (χ0) is 17.9. The molecule has 1 unspecified atom stereocenters. The summed E-state index contributed by atoms with van der Waals surface area (Å²) in [7, 11) is 0. The average molecular weight is 348 g/mol. The first-order chi connectivity index (χ1) is 12.7. The Labute approximate surface area is 152 Å². The molecular formula is C22H20O4. The van der Waals surface area contributed by atoms with E-state index in [0.717, 1.165) is 17.9 Å². The molecule has 4 heteroatoms. The van der Waals surface area contributed by atoms with E-state index in [9.17, 15) is 10.2 Å². The molecule has 26 heavy (non-hydrogen) atoms. The number of phenols is 2. The molecule has 3 aromatic carbocycles. The third kappa shape index (κ3) is 3.37. The zero-order valence-corrected chi connectivity index (χ0v) is 14.2. The predicted octanol–water partition coefficient (Wildman–Crippen LogP) is 4.06. The van der Waals surface area contributed by atoms with Gasteiger partial charge in [-0.25, -0.2) is 0 Å². The monoisotopic (exact) mass is 348 g/mol. The van der Waals surface area contributed by atoms with Crippen LogP contribution in [0.15, 0.2) is 72.8 Å². The summed E-state index contributed by atoms with van der Waals surface area (Å²) in [5.74, 6) is 0.732. The van der Waals surface area contributed by atoms with Crippen molar-refractivity contribution in [2.45, 2.75) is 12.0 Å². The molecule has 1 aliphatic heterocycles. The SMILES string of the molecule is Oc1ccccc1C(c1ccccc1O)c1ccccc1OCC1CO1. The lowest BCUT2D eigenvalue weighted by Crippen LogP contribution is -2.10. The molecule has 4 nitrogen and oxygen atoms in total. The summed E-state index contributed by atoms with van der Waals surface area (Å²) in [6.07, 6.45) is 0.150. The van der Waals surface area contributed by atoms with Gasteiger partial charge in [-0.2, -0.15) is 0 Å². The molecule has 0 saturated carbocycles. The van der Waals surface area contributed by atoms with Gasteiger partial charge in [0, 0.05) is 22.6 Å². The van der Waals surface area contributed by atoms with Crippen LogP contribution in [0, 0.1) is 0 Å². The van der Waals surface area contributed by atoms with Crippen molar-refractivity contribution in [2.24, 2.45) is 0 Å². The van der Waals surface area contributed by atoms with E-state index in [2.05, 4.69) is 0 Å². The Morgan fingerprint density at radius 2 is 1.31 bits per heavy atom. The van der Waals surface area contributed by atoms with E-state index in [1.807, 2.05) is 48.5 Å². The van der Waals surface area contributed by atoms with Crippen LogP contribution in [0.25, 0.3) is 0 Å². The molecule has 1 atom stereocenters. The minimum atomic E-state index is -0.353. The first-order valence-electron chi connectivity index (χ1n) is 8.63. The summed E-state index contributed by atoms with van der Waals surface area (Å²) >= 11 is 0. The average Bonchev–Trinajstić information content (AvgIpc) is 3.49. The zero-order valence-electron chi connectivity index (χ0n) is 14.2. The van der Waals surface area contributed by atoms with Gasteiger partial charge in [0.1, 0.15) is 30.0 Å². The van der Waals surface area contributed by atoms with E-state index in [0.29, 0.717) is 17.7 Å². The lowest BCUT2D eigenvalue weighted by molar-refractivity contribution is 0.261. The van der Waals surface area contributed by atoms with Crippen molar-refractivity contribution in [2.75, 3.05) is 13.2 Å². The molecule has 1 fully saturated rings. The van der Waals surface area contributed by atoms with Crippen LogP contribution in [0.5, 0.6) is 17.2 Å². The third-order valence-corrected chi connectivity index (χ3v) is 4.55. The fraction of sp³-hybridized carbons (Fsp3) is 0.182. The molecule has 1 aliphatic rings. The predicted molar refractivity (Wildman–Crippen MR) is 98.8 cm³/mol. The summed E-state index contributed by atoms with van der Waals surface area (Å²) in [5.41, 5.74) is 2.32. The normalized spacial score (nSPS) is 15.8. The number of benzene rings is 3. The summed E-state index contributed by atoms with van der Waals surface area (Å²) < 4.78 is 11.2. The fourth-order valence-corrected chi connectivity index (χ4v) is 3.16. The first kappa shape index (κ1) is 16.5. The highest BCUT2D eigenvalue weighted by Crippen LogP contribution is 2.43. The Morgan fingerprint density at radius 1 is 0.808 bits per heavy atom. The highest BCUT2D eigenvalue weighted by atomic mass is 16.6. The van der Waals surface area contributed by atoms with Crippen molar-refractivity contribution >= 4 is 0 Å². The van der Waals surface area contributed by atoms with Crippen LogP contribution in [0.3, 0.4) is 0 Å². The second-order valence-electron chi connectivity index (χ2n) is 6.35. The Kier molecular flexibility index (Phi) is 4.50. The van der Waals surface area contributed by atoms with Gasteiger partial charge in [-0.05, 0) is 18.2 Å². The van der Waals surface area contributed by atoms with E-state index in [-0.39, 0.29) is 23.5 Å². The molecular weight excluding hydrogens is 328 g/mol. The summed E-state index contributed by atoms with van der Waals surface area (Å²) in [6.45, 7) is 1.22. The van der Waals surface area contributed by atoms with E-state index >= 15 is 0 Å². The highest BCUT2D eigenvalue weighted by Gasteiger charge is 2.27. The molecule has 2 N–H and O–H groups in total. The second kappa shape index (κ2) is 7.10. The van der Waals surface area contributed by atoms with Gasteiger partial charge < -0.3 is 19.7 Å². The van der Waals surface area contributed by atoms with Gasteiger partial charge in [0.05, 0.1) is 6.61 Å². The van der Waals surface area contributed by atoms with Crippen LogP contribution < -0.4 is 4.74 Å². The van der Waals surface area contributed by atoms with Crippen molar-refractivity contribution in [3.8, 4) is 17.2 Å². The maximum Gasteiger partial charge on any atom is 0.123 e. The van der Waals surface area contributed by atoms with E-state index < -0.39 is 0 Å². The maximum atomic E-state index is 10.5. The van der Waals surface area contributed by atoms with Crippen LogP contribution >= 0.6 is 0 Å². The van der Waals surface area contributed by atoms with Crippen LogP contribution in [0.1, 0.15) is 22.6 Å². The minimum Gasteiger partial charge on any atom is -0.508 e. The van der Waals surface area contributed by atoms with Gasteiger partial charge in [-0.1, -0.05) is 54.6 Å². The maximum absolute atomic E-state index is 10.5. The topological polar surface area (TPSA) is 62.2 Å². The van der Waals surface area contributed by atoms with Gasteiger partial charge in [0.15, 0.2) is 0 Å². The van der Waals surface area contributed by atoms with Gasteiger partial charge >= 0.3 is 0 Å². The van der Waals surface area contributed by atoms with E-state index in [4.69, 9.17) is 9.47 Å². The number of phenolic OH excluding ortho intramolecular Hbond substituents is 2. The summed E-state index contributed by atoms with van der Waals surface area (Å²) in [4.78, 5) is 0. The highest BCUT2D eigenvalue weighted by molar-refractivity contribution is 5.55. The molecule has 1 heterocycles. The molecule has 3 aromatic rings. The molecule has 1 saturated heterocycles. The van der Waals surface area contributed by atoms with Crippen molar-refractivity contribution in [1.29, 1.82) is 0 Å². The lowest BCUT2D eigenvalue weighted by Gasteiger charge is -2.23. The minimum absolute atomic E-state index is 0.150. The molecule has 132 valence electrons. The molecule has 0 spiro atoms. The fourth-order valence-electron chi connectivity index (χ4n) is 3.16. The molecule has 4 rings (SSSR count). The quantitative estimate of drug-likeness (QED) is 0.521. The Balaban J connectivity index is 1.84. The molecule has 0 aromatic heterocycles. The number of hydrogen-bond donors (Lipinski definition) is 2. The Bertz CT molecular complexity index is 856. The van der Waals surface area contributed by atoms with Crippen LogP contribution in [-0.2, 0) is 4.74 Å². The lowest BCUT2D eigenvalue weighted by atomic mass is 9.83. The Morgan fingerprint density at radius 3 is 1.85 bits per heavy atom. The molecule has 0 bridgehead atoms. The van der Waals surface area contributed by atoms with Gasteiger partial charge in [-0.3, -0.25) is 0 Å². The number of hydrogen-bond acceptors (Lipinski definition) is 4. The van der Waals surface area contributed by atoms with Crippen LogP contribution in [0.4, 0.5) is 0 Å². The number of para-hydroxylation sites is 3. The number of rotatable bonds is 6. The number of ether oxygens (including phenoxy) is 2. The first-order valence-corrected chi connectivity index (χ1v) is 8.63. The van der Waals surface area contributed by atoms with Crippen LogP contribution in [0.2, 0.25) is 0 Å². The number of aromatic hydroxyl groups is 2. The molecule has 0 amide bonds. The number of epoxide rings is 1. The third-order valence-electron chi connectivity index (χ3n) is 4.55.